The fraction of sp³-hybridized carbons (Fsp3) is 0.667. The van der Waals surface area contributed by atoms with E-state index in [9.17, 15) is 0 Å². The van der Waals surface area contributed by atoms with Crippen molar-refractivity contribution in [3.8, 4) is 0 Å². The Morgan fingerprint density at radius 3 is 2.47 bits per heavy atom. The second-order valence-electron chi connectivity index (χ2n) is 5.05. The van der Waals surface area contributed by atoms with Gasteiger partial charge >= 0.3 is 0 Å². The molecule has 0 spiro atoms. The van der Waals surface area contributed by atoms with E-state index in [1.165, 1.54) is 0 Å². The van der Waals surface area contributed by atoms with E-state index in [0.717, 1.165) is 30.3 Å². The van der Waals surface area contributed by atoms with Crippen LogP contribution >= 0.6 is 0 Å². The largest absolute Gasteiger partial charge is 0.291 e. The fourth-order valence-corrected chi connectivity index (χ4v) is 1.94. The summed E-state index contributed by atoms with van der Waals surface area (Å²) in [4.78, 5) is 4.46. The number of hydrazine groups is 1. The molecule has 0 amide bonds. The number of aromatic nitrogens is 2. The Kier molecular flexibility index (Phi) is 3.19. The zero-order valence-electron chi connectivity index (χ0n) is 11.0. The minimum atomic E-state index is 0.314. The molecular weight excluding hydrogens is 214 g/mol. The highest BCUT2D eigenvalue weighted by molar-refractivity contribution is 5.98. The van der Waals surface area contributed by atoms with Crippen molar-refractivity contribution < 1.29 is 0 Å². The maximum Gasteiger partial charge on any atom is 0.163 e. The van der Waals surface area contributed by atoms with Crippen molar-refractivity contribution in [3.63, 3.8) is 0 Å². The lowest BCUT2D eigenvalue weighted by Crippen LogP contribution is -2.36. The number of nitrogens with two attached hydrogens (primary N) is 1. The molecule has 1 aromatic heterocycles. The molecule has 0 saturated carbocycles. The van der Waals surface area contributed by atoms with Gasteiger partial charge in [-0.1, -0.05) is 13.8 Å². The molecule has 94 valence electrons. The molecule has 1 aliphatic rings. The molecule has 5 nitrogen and oxygen atoms in total. The van der Waals surface area contributed by atoms with Crippen molar-refractivity contribution in [1.29, 1.82) is 0 Å². The van der Waals surface area contributed by atoms with E-state index in [2.05, 4.69) is 43.9 Å². The number of rotatable bonds is 3. The van der Waals surface area contributed by atoms with E-state index in [-0.39, 0.29) is 0 Å². The van der Waals surface area contributed by atoms with Crippen LogP contribution in [0, 0.1) is 0 Å². The number of hydrogen-bond donors (Lipinski definition) is 1. The third kappa shape index (κ3) is 2.20. The highest BCUT2D eigenvalue weighted by Crippen LogP contribution is 2.20. The third-order valence-electron chi connectivity index (χ3n) is 2.94. The summed E-state index contributed by atoms with van der Waals surface area (Å²) in [7, 11) is 0. The van der Waals surface area contributed by atoms with Gasteiger partial charge in [-0.3, -0.25) is 14.7 Å². The van der Waals surface area contributed by atoms with Crippen molar-refractivity contribution in [2.75, 3.05) is 13.1 Å². The lowest BCUT2D eigenvalue weighted by atomic mass is 10.1. The molecule has 1 aromatic rings. The lowest BCUT2D eigenvalue weighted by molar-refractivity contribution is 0.470. The van der Waals surface area contributed by atoms with Gasteiger partial charge in [0.1, 0.15) is 5.69 Å². The number of amidine groups is 1. The molecule has 0 atom stereocenters. The molecule has 2 heterocycles. The average molecular weight is 235 g/mol. The van der Waals surface area contributed by atoms with Gasteiger partial charge in [-0.05, 0) is 25.8 Å². The van der Waals surface area contributed by atoms with Crippen molar-refractivity contribution >= 4 is 5.84 Å². The lowest BCUT2D eigenvalue weighted by Gasteiger charge is -2.16. The van der Waals surface area contributed by atoms with E-state index in [1.807, 2.05) is 4.68 Å². The summed E-state index contributed by atoms with van der Waals surface area (Å²) in [5.41, 5.74) is 2.13. The van der Waals surface area contributed by atoms with Crippen LogP contribution in [0.15, 0.2) is 11.1 Å². The molecule has 2 rings (SSSR count). The summed E-state index contributed by atoms with van der Waals surface area (Å²) in [6.07, 6.45) is 0. The normalized spacial score (nSPS) is 16.2. The molecule has 0 saturated heterocycles. The summed E-state index contributed by atoms with van der Waals surface area (Å²) < 4.78 is 2.01. The Morgan fingerprint density at radius 2 is 2.00 bits per heavy atom. The van der Waals surface area contributed by atoms with Crippen LogP contribution in [0.5, 0.6) is 0 Å². The van der Waals surface area contributed by atoms with E-state index in [0.29, 0.717) is 12.0 Å². The first-order valence-corrected chi connectivity index (χ1v) is 6.17. The minimum Gasteiger partial charge on any atom is -0.291 e. The monoisotopic (exact) mass is 235 g/mol. The molecule has 0 aliphatic carbocycles. The van der Waals surface area contributed by atoms with Crippen LogP contribution in [0.3, 0.4) is 0 Å². The summed E-state index contributed by atoms with van der Waals surface area (Å²) in [5, 5.41) is 6.35. The zero-order valence-corrected chi connectivity index (χ0v) is 11.0. The Labute approximate surface area is 102 Å². The summed E-state index contributed by atoms with van der Waals surface area (Å²) in [5.74, 6) is 7.20. The molecule has 0 radical (unpaired) electrons. The Balaban J connectivity index is 2.44. The number of nitrogens with zero attached hydrogens (tertiary/aromatic N) is 4. The number of hydrogen-bond acceptors (Lipinski definition) is 4. The van der Waals surface area contributed by atoms with Gasteiger partial charge in [0.2, 0.25) is 0 Å². The topological polar surface area (TPSA) is 59.4 Å². The van der Waals surface area contributed by atoms with Gasteiger partial charge in [0.15, 0.2) is 5.84 Å². The van der Waals surface area contributed by atoms with Crippen molar-refractivity contribution in [2.45, 2.75) is 39.7 Å². The van der Waals surface area contributed by atoms with E-state index in [1.54, 1.807) is 5.01 Å². The van der Waals surface area contributed by atoms with Crippen LogP contribution in [0.25, 0.3) is 0 Å². The highest BCUT2D eigenvalue weighted by atomic mass is 15.5. The van der Waals surface area contributed by atoms with E-state index in [4.69, 9.17) is 5.84 Å². The second-order valence-corrected chi connectivity index (χ2v) is 5.05. The van der Waals surface area contributed by atoms with Crippen LogP contribution in [0.4, 0.5) is 0 Å². The third-order valence-corrected chi connectivity index (χ3v) is 2.94. The summed E-state index contributed by atoms with van der Waals surface area (Å²) >= 11 is 0. The van der Waals surface area contributed by atoms with Crippen LogP contribution < -0.4 is 5.84 Å². The van der Waals surface area contributed by atoms with Gasteiger partial charge in [-0.2, -0.15) is 5.10 Å². The van der Waals surface area contributed by atoms with Crippen molar-refractivity contribution in [3.05, 3.63) is 17.5 Å². The predicted molar refractivity (Wildman–Crippen MR) is 69.0 cm³/mol. The molecular formula is C12H21N5. The SMILES string of the molecule is CC(C)c1cc(C2=NCCN2N)n(C(C)C)n1. The maximum atomic E-state index is 5.93. The first-order chi connectivity index (χ1) is 8.00. The van der Waals surface area contributed by atoms with Crippen LogP contribution in [0.1, 0.15) is 51.0 Å². The molecule has 5 heteroatoms. The molecule has 0 unspecified atom stereocenters. The standard InChI is InChI=1S/C12H21N5/c1-8(2)10-7-11(17(15-10)9(3)4)12-14-5-6-16(12)13/h7-9H,5-6,13H2,1-4H3. The molecule has 2 N–H and O–H groups in total. The molecule has 0 bridgehead atoms. The molecule has 1 aliphatic heterocycles. The molecule has 17 heavy (non-hydrogen) atoms. The van der Waals surface area contributed by atoms with E-state index >= 15 is 0 Å². The van der Waals surface area contributed by atoms with Gasteiger partial charge in [0, 0.05) is 6.04 Å². The van der Waals surface area contributed by atoms with Gasteiger partial charge in [-0.15, -0.1) is 0 Å². The fourth-order valence-electron chi connectivity index (χ4n) is 1.94. The van der Waals surface area contributed by atoms with Gasteiger partial charge in [0.05, 0.1) is 18.8 Å². The first-order valence-electron chi connectivity index (χ1n) is 6.17. The zero-order chi connectivity index (χ0) is 12.6. The van der Waals surface area contributed by atoms with Gasteiger partial charge < -0.3 is 0 Å². The molecule has 0 aromatic carbocycles. The van der Waals surface area contributed by atoms with Gasteiger partial charge in [0.25, 0.3) is 0 Å². The Morgan fingerprint density at radius 1 is 1.29 bits per heavy atom. The smallest absolute Gasteiger partial charge is 0.163 e. The van der Waals surface area contributed by atoms with Crippen LogP contribution in [0.2, 0.25) is 0 Å². The summed E-state index contributed by atoms with van der Waals surface area (Å²) in [6, 6.07) is 2.42. The van der Waals surface area contributed by atoms with Gasteiger partial charge in [-0.25, -0.2) is 5.84 Å². The van der Waals surface area contributed by atoms with E-state index < -0.39 is 0 Å². The highest BCUT2D eigenvalue weighted by Gasteiger charge is 2.22. The van der Waals surface area contributed by atoms with Crippen LogP contribution in [-0.2, 0) is 0 Å². The quantitative estimate of drug-likeness (QED) is 0.808. The maximum absolute atomic E-state index is 5.93. The molecule has 0 fully saturated rings. The van der Waals surface area contributed by atoms with Crippen molar-refractivity contribution in [1.82, 2.24) is 14.8 Å². The van der Waals surface area contributed by atoms with Crippen LogP contribution in [-0.4, -0.2) is 33.7 Å². The minimum absolute atomic E-state index is 0.314. The number of aliphatic imine (C=N–C) groups is 1. The predicted octanol–water partition coefficient (Wildman–Crippen LogP) is 1.52. The van der Waals surface area contributed by atoms with Crippen molar-refractivity contribution in [2.24, 2.45) is 10.8 Å². The summed E-state index contributed by atoms with van der Waals surface area (Å²) in [6.45, 7) is 10.1. The Hall–Kier alpha value is -1.36. The second kappa shape index (κ2) is 4.49. The average Bonchev–Trinajstić information content (AvgIpc) is 2.82. The Bertz CT molecular complexity index is 430. The first kappa shape index (κ1) is 12.1.